The molecule has 0 saturated heterocycles. The maximum absolute atomic E-state index is 10.6. The van der Waals surface area contributed by atoms with Crippen LogP contribution in [0.3, 0.4) is 0 Å². The Hall–Kier alpha value is -0.830. The van der Waals surface area contributed by atoms with Gasteiger partial charge in [0.25, 0.3) is 0 Å². The van der Waals surface area contributed by atoms with E-state index in [1.165, 1.54) is 5.56 Å². The number of hydrogen-bond donors (Lipinski definition) is 0. The summed E-state index contributed by atoms with van der Waals surface area (Å²) in [6.07, 6.45) is 1.85. The first-order chi connectivity index (χ1) is 5.81. The van der Waals surface area contributed by atoms with Crippen LogP contribution in [0.1, 0.15) is 5.56 Å². The van der Waals surface area contributed by atoms with Crippen molar-refractivity contribution in [3.63, 3.8) is 0 Å². The van der Waals surface area contributed by atoms with Gasteiger partial charge >= 0.3 is 0 Å². The molecule has 0 fully saturated rings. The number of amides is 1. The molecule has 2 nitrogen and oxygen atoms in total. The van der Waals surface area contributed by atoms with Gasteiger partial charge in [-0.1, -0.05) is 15.9 Å². The summed E-state index contributed by atoms with van der Waals surface area (Å²) in [5.41, 5.74) is 2.30. The quantitative estimate of drug-likeness (QED) is 0.670. The molecule has 1 aliphatic rings. The second-order valence-corrected chi connectivity index (χ2v) is 3.74. The summed E-state index contributed by atoms with van der Waals surface area (Å²) in [5, 5.41) is 0. The molecule has 1 aromatic carbocycles. The second kappa shape index (κ2) is 2.90. The van der Waals surface area contributed by atoms with Crippen LogP contribution in [0.25, 0.3) is 0 Å². The van der Waals surface area contributed by atoms with Crippen LogP contribution < -0.4 is 4.90 Å². The van der Waals surface area contributed by atoms with Crippen LogP contribution in [-0.2, 0) is 11.2 Å². The van der Waals surface area contributed by atoms with E-state index in [4.69, 9.17) is 0 Å². The number of benzene rings is 1. The van der Waals surface area contributed by atoms with E-state index in [-0.39, 0.29) is 0 Å². The first-order valence-corrected chi connectivity index (χ1v) is 4.61. The van der Waals surface area contributed by atoms with Crippen LogP contribution in [0.4, 0.5) is 5.69 Å². The van der Waals surface area contributed by atoms with Crippen LogP contribution >= 0.6 is 15.9 Å². The lowest BCUT2D eigenvalue weighted by Crippen LogP contribution is -2.16. The molecule has 0 aromatic heterocycles. The van der Waals surface area contributed by atoms with Crippen LogP contribution in [0.2, 0.25) is 0 Å². The molecular formula is C9H8BrNO. The third kappa shape index (κ3) is 1.14. The number of nitrogens with zero attached hydrogens (tertiary/aromatic N) is 1. The molecule has 0 spiro atoms. The van der Waals surface area contributed by atoms with Crippen molar-refractivity contribution in [2.24, 2.45) is 0 Å². The Balaban J connectivity index is 2.47. The van der Waals surface area contributed by atoms with E-state index in [0.29, 0.717) is 0 Å². The minimum atomic E-state index is 0.815. The average Bonchev–Trinajstić information content (AvgIpc) is 2.46. The van der Waals surface area contributed by atoms with Crippen molar-refractivity contribution in [1.82, 2.24) is 0 Å². The fourth-order valence-corrected chi connectivity index (χ4v) is 1.91. The topological polar surface area (TPSA) is 20.3 Å². The molecule has 0 saturated carbocycles. The van der Waals surface area contributed by atoms with Crippen molar-refractivity contribution in [2.75, 3.05) is 11.4 Å². The third-order valence-electron chi connectivity index (χ3n) is 2.10. The number of anilines is 1. The van der Waals surface area contributed by atoms with Gasteiger partial charge in [0, 0.05) is 16.7 Å². The molecule has 0 unspecified atom stereocenters. The Morgan fingerprint density at radius 1 is 1.50 bits per heavy atom. The van der Waals surface area contributed by atoms with E-state index in [1.54, 1.807) is 4.90 Å². The zero-order valence-corrected chi connectivity index (χ0v) is 8.04. The Morgan fingerprint density at radius 3 is 3.08 bits per heavy atom. The van der Waals surface area contributed by atoms with Crippen LogP contribution in [0, 0.1) is 0 Å². The van der Waals surface area contributed by atoms with Crippen molar-refractivity contribution in [2.45, 2.75) is 6.42 Å². The highest BCUT2D eigenvalue weighted by Crippen LogP contribution is 2.29. The number of fused-ring (bicyclic) bond motifs is 1. The van der Waals surface area contributed by atoms with Crippen LogP contribution in [-0.4, -0.2) is 13.0 Å². The molecule has 1 aliphatic heterocycles. The molecule has 62 valence electrons. The summed E-state index contributed by atoms with van der Waals surface area (Å²) in [6.45, 7) is 0.815. The SMILES string of the molecule is O=CN1CCc2cc(Br)ccc21. The molecule has 0 atom stereocenters. The lowest BCUT2D eigenvalue weighted by atomic mass is 10.2. The molecule has 0 bridgehead atoms. The van der Waals surface area contributed by atoms with E-state index in [0.717, 1.165) is 29.5 Å². The fraction of sp³-hybridized carbons (Fsp3) is 0.222. The lowest BCUT2D eigenvalue weighted by molar-refractivity contribution is -0.107. The summed E-state index contributed by atoms with van der Waals surface area (Å²) < 4.78 is 1.08. The van der Waals surface area contributed by atoms with Crippen molar-refractivity contribution < 1.29 is 4.79 Å². The molecule has 1 heterocycles. The highest BCUT2D eigenvalue weighted by molar-refractivity contribution is 9.10. The highest BCUT2D eigenvalue weighted by atomic mass is 79.9. The minimum absolute atomic E-state index is 0.815. The predicted octanol–water partition coefficient (Wildman–Crippen LogP) is 1.97. The van der Waals surface area contributed by atoms with Gasteiger partial charge in [-0.2, -0.15) is 0 Å². The Kier molecular flexibility index (Phi) is 1.89. The Morgan fingerprint density at radius 2 is 2.33 bits per heavy atom. The third-order valence-corrected chi connectivity index (χ3v) is 2.59. The molecule has 12 heavy (non-hydrogen) atoms. The van der Waals surface area contributed by atoms with Gasteiger partial charge in [-0.05, 0) is 30.2 Å². The Labute approximate surface area is 79.3 Å². The second-order valence-electron chi connectivity index (χ2n) is 2.82. The molecule has 0 radical (unpaired) electrons. The Bertz CT molecular complexity index is 324. The van der Waals surface area contributed by atoms with Gasteiger partial charge < -0.3 is 4.90 Å². The first kappa shape index (κ1) is 7.80. The molecule has 3 heteroatoms. The number of hydrogen-bond acceptors (Lipinski definition) is 1. The number of carbonyl (C=O) groups excluding carboxylic acids is 1. The average molecular weight is 226 g/mol. The van der Waals surface area contributed by atoms with Gasteiger partial charge in [-0.25, -0.2) is 0 Å². The number of rotatable bonds is 1. The van der Waals surface area contributed by atoms with Gasteiger partial charge in [0.15, 0.2) is 0 Å². The van der Waals surface area contributed by atoms with E-state index in [1.807, 2.05) is 12.1 Å². The van der Waals surface area contributed by atoms with Crippen LogP contribution in [0.5, 0.6) is 0 Å². The molecule has 1 aromatic rings. The maximum Gasteiger partial charge on any atom is 0.214 e. The van der Waals surface area contributed by atoms with Gasteiger partial charge in [-0.15, -0.1) is 0 Å². The molecule has 0 aliphatic carbocycles. The van der Waals surface area contributed by atoms with Gasteiger partial charge in [0.05, 0.1) is 0 Å². The van der Waals surface area contributed by atoms with Gasteiger partial charge in [0.2, 0.25) is 6.41 Å². The standard InChI is InChI=1S/C9H8BrNO/c10-8-1-2-9-7(5-8)3-4-11(9)6-12/h1-2,5-6H,3-4H2. The summed E-state index contributed by atoms with van der Waals surface area (Å²) in [5.74, 6) is 0. The lowest BCUT2D eigenvalue weighted by Gasteiger charge is -2.08. The summed E-state index contributed by atoms with van der Waals surface area (Å²) in [7, 11) is 0. The minimum Gasteiger partial charge on any atom is -0.314 e. The fourth-order valence-electron chi connectivity index (χ4n) is 1.51. The molecule has 2 rings (SSSR count). The maximum atomic E-state index is 10.6. The van der Waals surface area contributed by atoms with E-state index >= 15 is 0 Å². The zero-order valence-electron chi connectivity index (χ0n) is 6.46. The number of carbonyl (C=O) groups is 1. The van der Waals surface area contributed by atoms with E-state index in [9.17, 15) is 4.79 Å². The van der Waals surface area contributed by atoms with Gasteiger partial charge in [-0.3, -0.25) is 4.79 Å². The summed E-state index contributed by atoms with van der Waals surface area (Å²) >= 11 is 3.40. The summed E-state index contributed by atoms with van der Waals surface area (Å²) in [6, 6.07) is 6.00. The monoisotopic (exact) mass is 225 g/mol. The van der Waals surface area contributed by atoms with Crippen molar-refractivity contribution in [3.05, 3.63) is 28.2 Å². The normalized spacial score (nSPS) is 14.6. The van der Waals surface area contributed by atoms with Crippen LogP contribution in [0.15, 0.2) is 22.7 Å². The number of halogens is 1. The van der Waals surface area contributed by atoms with Gasteiger partial charge in [0.1, 0.15) is 0 Å². The smallest absolute Gasteiger partial charge is 0.214 e. The molecule has 1 amide bonds. The van der Waals surface area contributed by atoms with Crippen molar-refractivity contribution in [3.8, 4) is 0 Å². The van der Waals surface area contributed by atoms with E-state index < -0.39 is 0 Å². The summed E-state index contributed by atoms with van der Waals surface area (Å²) in [4.78, 5) is 12.3. The first-order valence-electron chi connectivity index (χ1n) is 3.81. The van der Waals surface area contributed by atoms with E-state index in [2.05, 4.69) is 22.0 Å². The molecule has 0 N–H and O–H groups in total. The molecular weight excluding hydrogens is 218 g/mol. The highest BCUT2D eigenvalue weighted by Gasteiger charge is 2.17. The predicted molar refractivity (Wildman–Crippen MR) is 51.3 cm³/mol. The largest absolute Gasteiger partial charge is 0.314 e. The van der Waals surface area contributed by atoms with Crippen molar-refractivity contribution in [1.29, 1.82) is 0 Å². The van der Waals surface area contributed by atoms with Crippen molar-refractivity contribution >= 4 is 28.0 Å². The zero-order chi connectivity index (χ0) is 8.55.